The molecule has 0 saturated carbocycles. The van der Waals surface area contributed by atoms with E-state index >= 15 is 0 Å². The first-order valence-corrected chi connectivity index (χ1v) is 8.19. The Hall–Kier alpha value is -2.64. The number of nitrogens with zero attached hydrogens (tertiary/aromatic N) is 1. The Morgan fingerprint density at radius 3 is 2.62 bits per heavy atom. The summed E-state index contributed by atoms with van der Waals surface area (Å²) in [6.07, 6.45) is 0. The number of halogens is 2. The third kappa shape index (κ3) is 5.18. The van der Waals surface area contributed by atoms with Crippen molar-refractivity contribution in [3.05, 3.63) is 73.8 Å². The normalized spacial score (nSPS) is 11.5. The van der Waals surface area contributed by atoms with E-state index in [1.165, 1.54) is 12.1 Å². The molecular weight excluding hydrogens is 383 g/mol. The van der Waals surface area contributed by atoms with Crippen molar-refractivity contribution < 1.29 is 19.2 Å². The summed E-state index contributed by atoms with van der Waals surface area (Å²) < 4.78 is 4.88. The molecule has 0 fully saturated rings. The van der Waals surface area contributed by atoms with Gasteiger partial charge >= 0.3 is 5.97 Å². The molecule has 0 radical (unpaired) electrons. The van der Waals surface area contributed by atoms with Gasteiger partial charge in [-0.2, -0.15) is 0 Å². The van der Waals surface area contributed by atoms with Crippen LogP contribution in [0.1, 0.15) is 28.9 Å². The molecule has 26 heavy (non-hydrogen) atoms. The molecule has 136 valence electrons. The number of esters is 1. The van der Waals surface area contributed by atoms with Crippen LogP contribution in [0.15, 0.2) is 42.5 Å². The van der Waals surface area contributed by atoms with E-state index in [1.807, 2.05) is 0 Å². The van der Waals surface area contributed by atoms with Crippen molar-refractivity contribution in [3.8, 4) is 0 Å². The molecule has 1 atom stereocenters. The summed E-state index contributed by atoms with van der Waals surface area (Å²) in [5.41, 5.74) is 0.308. The van der Waals surface area contributed by atoms with Gasteiger partial charge in [-0.3, -0.25) is 14.9 Å². The lowest BCUT2D eigenvalue weighted by molar-refractivity contribution is -0.384. The SMILES string of the molecule is C[C@H](NC(=O)COC(=O)c1ccc(Cl)c([N+](=O)[O-])c1)c1cccc(Cl)c1. The Bertz CT molecular complexity index is 857. The van der Waals surface area contributed by atoms with Crippen LogP contribution in [-0.4, -0.2) is 23.4 Å². The summed E-state index contributed by atoms with van der Waals surface area (Å²) >= 11 is 11.6. The van der Waals surface area contributed by atoms with Crippen LogP contribution >= 0.6 is 23.2 Å². The van der Waals surface area contributed by atoms with Gasteiger partial charge in [-0.05, 0) is 36.8 Å². The van der Waals surface area contributed by atoms with Crippen LogP contribution in [0, 0.1) is 10.1 Å². The zero-order valence-corrected chi connectivity index (χ0v) is 15.1. The zero-order chi connectivity index (χ0) is 19.3. The van der Waals surface area contributed by atoms with Crippen LogP contribution in [-0.2, 0) is 9.53 Å². The van der Waals surface area contributed by atoms with Crippen molar-refractivity contribution in [3.63, 3.8) is 0 Å². The summed E-state index contributed by atoms with van der Waals surface area (Å²) in [5.74, 6) is -1.38. The Labute approximate surface area is 159 Å². The lowest BCUT2D eigenvalue weighted by Gasteiger charge is -2.14. The van der Waals surface area contributed by atoms with Crippen molar-refractivity contribution in [1.82, 2.24) is 5.32 Å². The minimum absolute atomic E-state index is 0.0724. The number of nitro groups is 1. The van der Waals surface area contributed by atoms with Gasteiger partial charge in [0.1, 0.15) is 5.02 Å². The van der Waals surface area contributed by atoms with E-state index < -0.39 is 29.1 Å². The number of ether oxygens (including phenoxy) is 1. The minimum Gasteiger partial charge on any atom is -0.452 e. The maximum Gasteiger partial charge on any atom is 0.338 e. The van der Waals surface area contributed by atoms with E-state index in [4.69, 9.17) is 27.9 Å². The number of amides is 1. The van der Waals surface area contributed by atoms with E-state index in [0.29, 0.717) is 5.02 Å². The fraction of sp³-hybridized carbons (Fsp3) is 0.176. The Morgan fingerprint density at radius 2 is 1.96 bits per heavy atom. The lowest BCUT2D eigenvalue weighted by Crippen LogP contribution is -2.31. The molecule has 0 aliphatic carbocycles. The number of rotatable bonds is 6. The molecule has 0 aliphatic rings. The highest BCUT2D eigenvalue weighted by molar-refractivity contribution is 6.32. The van der Waals surface area contributed by atoms with Crippen molar-refractivity contribution in [2.75, 3.05) is 6.61 Å². The van der Waals surface area contributed by atoms with Crippen LogP contribution in [0.3, 0.4) is 0 Å². The van der Waals surface area contributed by atoms with Crippen LogP contribution in [0.2, 0.25) is 10.0 Å². The van der Waals surface area contributed by atoms with Gasteiger partial charge in [-0.1, -0.05) is 35.3 Å². The molecule has 9 heteroatoms. The molecule has 2 aromatic carbocycles. The number of nitrogens with one attached hydrogen (secondary N) is 1. The molecule has 0 spiro atoms. The Kier molecular flexibility index (Phi) is 6.54. The number of benzene rings is 2. The molecule has 1 amide bonds. The second-order valence-electron chi connectivity index (χ2n) is 5.34. The van der Waals surface area contributed by atoms with E-state index in [0.717, 1.165) is 11.6 Å². The third-order valence-corrected chi connectivity index (χ3v) is 3.99. The average molecular weight is 397 g/mol. The van der Waals surface area contributed by atoms with E-state index in [9.17, 15) is 19.7 Å². The molecule has 0 heterocycles. The zero-order valence-electron chi connectivity index (χ0n) is 13.6. The van der Waals surface area contributed by atoms with Crippen LogP contribution < -0.4 is 5.32 Å². The van der Waals surface area contributed by atoms with Crippen molar-refractivity contribution in [1.29, 1.82) is 0 Å². The van der Waals surface area contributed by atoms with Crippen LogP contribution in [0.4, 0.5) is 5.69 Å². The van der Waals surface area contributed by atoms with E-state index in [2.05, 4.69) is 5.32 Å². The predicted octanol–water partition coefficient (Wildman–Crippen LogP) is 3.94. The number of hydrogen-bond acceptors (Lipinski definition) is 5. The number of hydrogen-bond donors (Lipinski definition) is 1. The molecular formula is C17H14Cl2N2O5. The van der Waals surface area contributed by atoms with Gasteiger partial charge in [0, 0.05) is 11.1 Å². The summed E-state index contributed by atoms with van der Waals surface area (Å²) in [4.78, 5) is 34.0. The smallest absolute Gasteiger partial charge is 0.338 e. The van der Waals surface area contributed by atoms with Gasteiger partial charge in [0.25, 0.3) is 11.6 Å². The second-order valence-corrected chi connectivity index (χ2v) is 6.19. The highest BCUT2D eigenvalue weighted by Gasteiger charge is 2.18. The first kappa shape index (κ1) is 19.7. The maximum absolute atomic E-state index is 12.0. The predicted molar refractivity (Wildman–Crippen MR) is 96.4 cm³/mol. The monoisotopic (exact) mass is 396 g/mol. The summed E-state index contributed by atoms with van der Waals surface area (Å²) in [7, 11) is 0. The largest absolute Gasteiger partial charge is 0.452 e. The summed E-state index contributed by atoms with van der Waals surface area (Å²) in [6.45, 7) is 1.23. The molecule has 0 unspecified atom stereocenters. The van der Waals surface area contributed by atoms with Gasteiger partial charge in [-0.25, -0.2) is 4.79 Å². The van der Waals surface area contributed by atoms with Crippen molar-refractivity contribution in [2.24, 2.45) is 0 Å². The molecule has 0 aliphatic heterocycles. The summed E-state index contributed by atoms with van der Waals surface area (Å²) in [6, 6.07) is 10.1. The molecule has 2 rings (SSSR count). The topological polar surface area (TPSA) is 98.5 Å². The Morgan fingerprint density at radius 1 is 1.23 bits per heavy atom. The Balaban J connectivity index is 1.93. The molecule has 0 saturated heterocycles. The van der Waals surface area contributed by atoms with E-state index in [-0.39, 0.29) is 16.6 Å². The first-order valence-electron chi connectivity index (χ1n) is 7.44. The van der Waals surface area contributed by atoms with Crippen LogP contribution in [0.5, 0.6) is 0 Å². The maximum atomic E-state index is 12.0. The molecule has 0 bridgehead atoms. The van der Waals surface area contributed by atoms with Gasteiger partial charge in [0.15, 0.2) is 6.61 Å². The second kappa shape index (κ2) is 8.64. The van der Waals surface area contributed by atoms with Gasteiger partial charge < -0.3 is 10.1 Å². The fourth-order valence-corrected chi connectivity index (χ4v) is 2.52. The minimum atomic E-state index is -0.865. The third-order valence-electron chi connectivity index (χ3n) is 3.44. The summed E-state index contributed by atoms with van der Waals surface area (Å²) in [5, 5.41) is 13.9. The quantitative estimate of drug-likeness (QED) is 0.452. The van der Waals surface area contributed by atoms with Crippen molar-refractivity contribution >= 4 is 40.8 Å². The number of carbonyl (C=O) groups is 2. The molecule has 7 nitrogen and oxygen atoms in total. The lowest BCUT2D eigenvalue weighted by atomic mass is 10.1. The van der Waals surface area contributed by atoms with Gasteiger partial charge in [0.05, 0.1) is 16.5 Å². The highest BCUT2D eigenvalue weighted by atomic mass is 35.5. The standard InChI is InChI=1S/C17H14Cl2N2O5/c1-10(11-3-2-4-13(18)7-11)20-16(22)9-26-17(23)12-5-6-14(19)15(8-12)21(24)25/h2-8,10H,9H2,1H3,(H,20,22)/t10-/m0/s1. The molecule has 2 aromatic rings. The average Bonchev–Trinajstić information content (AvgIpc) is 2.59. The fourth-order valence-electron chi connectivity index (χ4n) is 2.14. The van der Waals surface area contributed by atoms with Gasteiger partial charge in [-0.15, -0.1) is 0 Å². The van der Waals surface area contributed by atoms with Gasteiger partial charge in [0.2, 0.25) is 0 Å². The van der Waals surface area contributed by atoms with Crippen LogP contribution in [0.25, 0.3) is 0 Å². The molecule has 1 N–H and O–H groups in total. The molecule has 0 aromatic heterocycles. The first-order chi connectivity index (χ1) is 12.3. The number of nitro benzene ring substituents is 1. The number of carbonyl (C=O) groups excluding carboxylic acids is 2. The van der Waals surface area contributed by atoms with Crippen molar-refractivity contribution in [2.45, 2.75) is 13.0 Å². The highest BCUT2D eigenvalue weighted by Crippen LogP contribution is 2.25. The van der Waals surface area contributed by atoms with E-state index in [1.54, 1.807) is 31.2 Å².